The second kappa shape index (κ2) is 6.69. The van der Waals surface area contributed by atoms with Crippen molar-refractivity contribution in [1.82, 2.24) is 9.88 Å². The number of nitrogens with zero attached hydrogens (tertiary/aromatic N) is 2. The minimum Gasteiger partial charge on any atom is -0.306 e. The maximum atomic E-state index is 4.42. The zero-order chi connectivity index (χ0) is 19.5. The van der Waals surface area contributed by atoms with Crippen molar-refractivity contribution in [2.75, 3.05) is 14.1 Å². The lowest BCUT2D eigenvalue weighted by molar-refractivity contribution is -0.106. The average molecular weight is 379 g/mol. The Morgan fingerprint density at radius 1 is 1.04 bits per heavy atom. The summed E-state index contributed by atoms with van der Waals surface area (Å²) in [7, 11) is 4.57. The van der Waals surface area contributed by atoms with Crippen LogP contribution in [0.1, 0.15) is 70.8 Å². The largest absolute Gasteiger partial charge is 0.306 e. The van der Waals surface area contributed by atoms with Crippen molar-refractivity contribution in [3.63, 3.8) is 0 Å². The van der Waals surface area contributed by atoms with Gasteiger partial charge in [0, 0.05) is 18.4 Å². The van der Waals surface area contributed by atoms with E-state index in [1.165, 1.54) is 56.9 Å². The summed E-state index contributed by atoms with van der Waals surface area (Å²) in [6.07, 6.45) is 17.9. The standard InChI is InChI=1S/C26H38N2/c1-25-13-11-20(28(3)4)16-19(25)7-8-21-23-10-9-22(18-6-5-15-27-17-18)26(23,2)14-12-24(21)25/h5-6,9,15,17,19-21,23-24H,7-8,10-14,16H2,1-4H3/t19?,20-,21-,23?,24-,25-,26+/m0/s1. The number of allylic oxidation sites excluding steroid dienone is 2. The molecule has 0 amide bonds. The Morgan fingerprint density at radius 3 is 2.64 bits per heavy atom. The van der Waals surface area contributed by atoms with E-state index in [9.17, 15) is 0 Å². The van der Waals surface area contributed by atoms with Crippen molar-refractivity contribution in [3.05, 3.63) is 36.2 Å². The molecule has 0 saturated heterocycles. The van der Waals surface area contributed by atoms with Crippen LogP contribution in [0.2, 0.25) is 0 Å². The van der Waals surface area contributed by atoms with E-state index in [4.69, 9.17) is 0 Å². The highest BCUT2D eigenvalue weighted by molar-refractivity contribution is 5.72. The summed E-state index contributed by atoms with van der Waals surface area (Å²) >= 11 is 0. The molecule has 7 atom stereocenters. The third-order valence-electron chi connectivity index (χ3n) is 9.92. The smallest absolute Gasteiger partial charge is 0.0343 e. The average Bonchev–Trinajstić information content (AvgIpc) is 3.05. The Morgan fingerprint density at radius 2 is 1.89 bits per heavy atom. The molecule has 4 aliphatic rings. The quantitative estimate of drug-likeness (QED) is 0.623. The molecule has 0 aliphatic heterocycles. The molecule has 0 bridgehead atoms. The van der Waals surface area contributed by atoms with E-state index < -0.39 is 0 Å². The van der Waals surface area contributed by atoms with Gasteiger partial charge in [0.2, 0.25) is 0 Å². The maximum Gasteiger partial charge on any atom is 0.0343 e. The van der Waals surface area contributed by atoms with Crippen LogP contribution in [0.3, 0.4) is 0 Å². The van der Waals surface area contributed by atoms with Crippen molar-refractivity contribution < 1.29 is 0 Å². The fraction of sp³-hybridized carbons (Fsp3) is 0.731. The number of pyridine rings is 1. The number of hydrogen-bond acceptors (Lipinski definition) is 2. The van der Waals surface area contributed by atoms with Crippen molar-refractivity contribution in [1.29, 1.82) is 0 Å². The molecule has 3 saturated carbocycles. The molecule has 4 aliphatic carbocycles. The summed E-state index contributed by atoms with van der Waals surface area (Å²) in [6.45, 7) is 5.27. The molecule has 0 radical (unpaired) electrons. The normalized spacial score (nSPS) is 45.2. The van der Waals surface area contributed by atoms with Gasteiger partial charge in [-0.2, -0.15) is 0 Å². The molecular formula is C26H38N2. The van der Waals surface area contributed by atoms with Gasteiger partial charge >= 0.3 is 0 Å². The second-order valence-corrected chi connectivity index (χ2v) is 11.1. The number of aromatic nitrogens is 1. The minimum absolute atomic E-state index is 0.369. The van der Waals surface area contributed by atoms with Gasteiger partial charge in [-0.05, 0) is 117 Å². The first kappa shape index (κ1) is 18.9. The van der Waals surface area contributed by atoms with Crippen LogP contribution in [0.15, 0.2) is 30.6 Å². The summed E-state index contributed by atoms with van der Waals surface area (Å²) in [5.41, 5.74) is 3.94. The molecule has 1 heterocycles. The minimum atomic E-state index is 0.369. The molecule has 0 spiro atoms. The molecule has 0 N–H and O–H groups in total. The molecule has 2 nitrogen and oxygen atoms in total. The summed E-state index contributed by atoms with van der Waals surface area (Å²) < 4.78 is 0. The van der Waals surface area contributed by atoms with Gasteiger partial charge in [-0.25, -0.2) is 0 Å². The second-order valence-electron chi connectivity index (χ2n) is 11.1. The van der Waals surface area contributed by atoms with E-state index in [1.807, 2.05) is 6.20 Å². The number of fused-ring (bicyclic) bond motifs is 5. The molecule has 2 heteroatoms. The first-order valence-corrected chi connectivity index (χ1v) is 11.7. The lowest BCUT2D eigenvalue weighted by atomic mass is 9.44. The topological polar surface area (TPSA) is 16.1 Å². The van der Waals surface area contributed by atoms with Gasteiger partial charge in [-0.3, -0.25) is 4.98 Å². The highest BCUT2D eigenvalue weighted by atomic mass is 15.1. The lowest BCUT2D eigenvalue weighted by Crippen LogP contribution is -2.54. The first-order valence-electron chi connectivity index (χ1n) is 11.7. The zero-order valence-electron chi connectivity index (χ0n) is 18.3. The molecular weight excluding hydrogens is 340 g/mol. The Kier molecular flexibility index (Phi) is 4.50. The van der Waals surface area contributed by atoms with Crippen LogP contribution in [-0.4, -0.2) is 30.0 Å². The van der Waals surface area contributed by atoms with Gasteiger partial charge in [-0.1, -0.05) is 26.0 Å². The van der Waals surface area contributed by atoms with Crippen molar-refractivity contribution in [3.8, 4) is 0 Å². The molecule has 152 valence electrons. The van der Waals surface area contributed by atoms with Gasteiger partial charge in [0.05, 0.1) is 0 Å². The Hall–Kier alpha value is -1.15. The van der Waals surface area contributed by atoms with Crippen LogP contribution in [0.25, 0.3) is 5.57 Å². The Balaban J connectivity index is 1.40. The highest BCUT2D eigenvalue weighted by Crippen LogP contribution is 2.67. The fourth-order valence-corrected chi connectivity index (χ4v) is 8.24. The van der Waals surface area contributed by atoms with Crippen LogP contribution >= 0.6 is 0 Å². The first-order chi connectivity index (χ1) is 13.4. The van der Waals surface area contributed by atoms with E-state index in [2.05, 4.69) is 62.2 Å². The molecule has 3 fully saturated rings. The SMILES string of the molecule is CN(C)[C@H]1CC[C@@]2(C)C(CC[C@H]3C4CC=C(c5cccnc5)[C@@]4(C)CC[C@@H]32)C1. The molecule has 0 aromatic carbocycles. The van der Waals surface area contributed by atoms with Crippen molar-refractivity contribution >= 4 is 5.57 Å². The van der Waals surface area contributed by atoms with Gasteiger partial charge in [0.15, 0.2) is 0 Å². The maximum absolute atomic E-state index is 4.42. The molecule has 28 heavy (non-hydrogen) atoms. The molecule has 2 unspecified atom stereocenters. The fourth-order valence-electron chi connectivity index (χ4n) is 8.24. The highest BCUT2D eigenvalue weighted by Gasteiger charge is 2.58. The predicted molar refractivity (Wildman–Crippen MR) is 117 cm³/mol. The molecule has 1 aromatic heterocycles. The third-order valence-corrected chi connectivity index (χ3v) is 9.92. The monoisotopic (exact) mass is 378 g/mol. The third kappa shape index (κ3) is 2.66. The van der Waals surface area contributed by atoms with Crippen LogP contribution in [0.4, 0.5) is 0 Å². The Labute approximate surface area is 171 Å². The van der Waals surface area contributed by atoms with Crippen molar-refractivity contribution in [2.45, 2.75) is 71.3 Å². The van der Waals surface area contributed by atoms with E-state index >= 15 is 0 Å². The van der Waals surface area contributed by atoms with Crippen LogP contribution in [0.5, 0.6) is 0 Å². The lowest BCUT2D eigenvalue weighted by Gasteiger charge is -2.61. The zero-order valence-corrected chi connectivity index (χ0v) is 18.3. The molecule has 5 rings (SSSR count). The number of hydrogen-bond donors (Lipinski definition) is 0. The van der Waals surface area contributed by atoms with Gasteiger partial charge in [0.25, 0.3) is 0 Å². The van der Waals surface area contributed by atoms with Crippen LogP contribution < -0.4 is 0 Å². The summed E-state index contributed by atoms with van der Waals surface area (Å²) in [5, 5.41) is 0. The number of rotatable bonds is 2. The Bertz CT molecular complexity index is 753. The van der Waals surface area contributed by atoms with Crippen molar-refractivity contribution in [2.24, 2.45) is 34.5 Å². The molecule has 1 aromatic rings. The predicted octanol–water partition coefficient (Wildman–Crippen LogP) is 6.05. The van der Waals surface area contributed by atoms with E-state index in [-0.39, 0.29) is 0 Å². The summed E-state index contributed by atoms with van der Waals surface area (Å²) in [6, 6.07) is 5.20. The summed E-state index contributed by atoms with van der Waals surface area (Å²) in [5.74, 6) is 3.69. The van der Waals surface area contributed by atoms with Crippen LogP contribution in [-0.2, 0) is 0 Å². The van der Waals surface area contributed by atoms with Gasteiger partial charge in [0.1, 0.15) is 0 Å². The summed E-state index contributed by atoms with van der Waals surface area (Å²) in [4.78, 5) is 6.91. The van der Waals surface area contributed by atoms with Gasteiger partial charge < -0.3 is 4.90 Å². The van der Waals surface area contributed by atoms with E-state index in [0.29, 0.717) is 10.8 Å². The van der Waals surface area contributed by atoms with Gasteiger partial charge in [-0.15, -0.1) is 0 Å². The van der Waals surface area contributed by atoms with E-state index in [1.54, 1.807) is 5.57 Å². The van der Waals surface area contributed by atoms with Crippen LogP contribution in [0, 0.1) is 34.5 Å². The van der Waals surface area contributed by atoms with E-state index in [0.717, 1.165) is 29.7 Å².